The normalized spacial score (nSPS) is 19.6. The molecule has 28 heavy (non-hydrogen) atoms. The topological polar surface area (TPSA) is 61.9 Å². The van der Waals surface area contributed by atoms with Gasteiger partial charge in [-0.2, -0.15) is 18.2 Å². The van der Waals surface area contributed by atoms with E-state index in [0.29, 0.717) is 12.1 Å². The summed E-state index contributed by atoms with van der Waals surface area (Å²) in [5, 5.41) is 9.32. The molecule has 1 aromatic heterocycles. The smallest absolute Gasteiger partial charge is 0.367 e. The molecule has 10 heteroatoms. The van der Waals surface area contributed by atoms with Crippen LogP contribution in [0, 0.1) is 0 Å². The van der Waals surface area contributed by atoms with E-state index in [4.69, 9.17) is 0 Å². The minimum Gasteiger partial charge on any atom is -0.367 e. The SMILES string of the molecule is CC(C)Nc1nc(Nc2ccc3c(c2)C2CCC3N2)ncc1C(F)(F)F.Cl.Cl. The number of alkyl halides is 3. The second-order valence-electron chi connectivity index (χ2n) is 7.07. The van der Waals surface area contributed by atoms with Crippen molar-refractivity contribution < 1.29 is 13.2 Å². The van der Waals surface area contributed by atoms with Crippen LogP contribution in [-0.2, 0) is 6.18 Å². The van der Waals surface area contributed by atoms with Gasteiger partial charge < -0.3 is 16.0 Å². The summed E-state index contributed by atoms with van der Waals surface area (Å²) in [5.74, 6) is -0.0795. The molecule has 2 unspecified atom stereocenters. The van der Waals surface area contributed by atoms with E-state index in [0.717, 1.165) is 24.7 Å². The minimum absolute atomic E-state index is 0. The molecule has 3 N–H and O–H groups in total. The van der Waals surface area contributed by atoms with Crippen LogP contribution in [0.1, 0.15) is 55.5 Å². The molecule has 1 aromatic carbocycles. The summed E-state index contributed by atoms with van der Waals surface area (Å²) in [6.07, 6.45) is -1.43. The first-order chi connectivity index (χ1) is 12.3. The van der Waals surface area contributed by atoms with E-state index in [9.17, 15) is 13.2 Å². The number of anilines is 3. The summed E-state index contributed by atoms with van der Waals surface area (Å²) >= 11 is 0. The lowest BCUT2D eigenvalue weighted by molar-refractivity contribution is -0.137. The summed E-state index contributed by atoms with van der Waals surface area (Å²) < 4.78 is 39.4. The van der Waals surface area contributed by atoms with Gasteiger partial charge in [-0.25, -0.2) is 4.98 Å². The molecule has 154 valence electrons. The van der Waals surface area contributed by atoms with E-state index in [1.54, 1.807) is 13.8 Å². The van der Waals surface area contributed by atoms with E-state index in [1.165, 1.54) is 11.1 Å². The Kier molecular flexibility index (Phi) is 6.68. The number of halogens is 5. The maximum Gasteiger partial charge on any atom is 0.421 e. The molecule has 5 nitrogen and oxygen atoms in total. The van der Waals surface area contributed by atoms with Gasteiger partial charge in [0.25, 0.3) is 0 Å². The van der Waals surface area contributed by atoms with Crippen LogP contribution in [0.5, 0.6) is 0 Å². The lowest BCUT2D eigenvalue weighted by atomic mass is 9.91. The fourth-order valence-corrected chi connectivity index (χ4v) is 3.67. The van der Waals surface area contributed by atoms with Crippen molar-refractivity contribution >= 4 is 42.3 Å². The summed E-state index contributed by atoms with van der Waals surface area (Å²) in [6, 6.07) is 6.61. The predicted molar refractivity (Wildman–Crippen MR) is 108 cm³/mol. The Labute approximate surface area is 173 Å². The Bertz CT molecular complexity index is 844. The Hall–Kier alpha value is -1.77. The summed E-state index contributed by atoms with van der Waals surface area (Å²) in [5.41, 5.74) is 2.46. The van der Waals surface area contributed by atoms with Crippen molar-refractivity contribution in [3.8, 4) is 0 Å². The molecule has 4 rings (SSSR count). The number of hydrogen-bond acceptors (Lipinski definition) is 5. The van der Waals surface area contributed by atoms with Crippen LogP contribution in [0.15, 0.2) is 24.4 Å². The highest BCUT2D eigenvalue weighted by Crippen LogP contribution is 2.45. The Balaban J connectivity index is 0.00000140. The quantitative estimate of drug-likeness (QED) is 0.601. The number of rotatable bonds is 4. The van der Waals surface area contributed by atoms with Crippen LogP contribution < -0.4 is 16.0 Å². The van der Waals surface area contributed by atoms with Crippen molar-refractivity contribution in [1.29, 1.82) is 0 Å². The van der Waals surface area contributed by atoms with Gasteiger partial charge in [0.1, 0.15) is 11.4 Å². The molecule has 2 atom stereocenters. The molecule has 3 heterocycles. The summed E-state index contributed by atoms with van der Waals surface area (Å²) in [7, 11) is 0. The van der Waals surface area contributed by atoms with Gasteiger partial charge >= 0.3 is 6.18 Å². The molecule has 2 aliphatic rings. The van der Waals surface area contributed by atoms with Gasteiger partial charge in [-0.05, 0) is 49.9 Å². The van der Waals surface area contributed by atoms with Crippen LogP contribution in [0.4, 0.5) is 30.6 Å². The molecule has 2 bridgehead atoms. The monoisotopic (exact) mass is 435 g/mol. The zero-order chi connectivity index (χ0) is 18.5. The predicted octanol–water partition coefficient (Wildman–Crippen LogP) is 5.38. The largest absolute Gasteiger partial charge is 0.421 e. The number of nitrogens with zero attached hydrogens (tertiary/aromatic N) is 2. The minimum atomic E-state index is -4.51. The van der Waals surface area contributed by atoms with Crippen molar-refractivity contribution in [1.82, 2.24) is 15.3 Å². The van der Waals surface area contributed by atoms with Crippen LogP contribution in [0.2, 0.25) is 0 Å². The Morgan fingerprint density at radius 1 is 1.11 bits per heavy atom. The lowest BCUT2D eigenvalue weighted by Gasteiger charge is -2.17. The molecule has 1 saturated heterocycles. The van der Waals surface area contributed by atoms with E-state index >= 15 is 0 Å². The van der Waals surface area contributed by atoms with Crippen LogP contribution in [0.3, 0.4) is 0 Å². The molecule has 0 amide bonds. The van der Waals surface area contributed by atoms with Crippen LogP contribution >= 0.6 is 24.8 Å². The van der Waals surface area contributed by atoms with Gasteiger partial charge in [-0.15, -0.1) is 24.8 Å². The van der Waals surface area contributed by atoms with Crippen LogP contribution in [-0.4, -0.2) is 16.0 Å². The molecule has 0 aliphatic carbocycles. The molecule has 2 aliphatic heterocycles. The highest BCUT2D eigenvalue weighted by molar-refractivity contribution is 5.85. The summed E-state index contributed by atoms with van der Waals surface area (Å²) in [4.78, 5) is 7.90. The average molecular weight is 436 g/mol. The fraction of sp³-hybridized carbons (Fsp3) is 0.444. The van der Waals surface area contributed by atoms with E-state index < -0.39 is 11.7 Å². The van der Waals surface area contributed by atoms with Crippen molar-refractivity contribution in [2.75, 3.05) is 10.6 Å². The molecular formula is C18H22Cl2F3N5. The van der Waals surface area contributed by atoms with Gasteiger partial charge in [0.05, 0.1) is 0 Å². The number of nitrogens with one attached hydrogen (secondary N) is 3. The lowest BCUT2D eigenvalue weighted by Crippen LogP contribution is -2.18. The van der Waals surface area contributed by atoms with Gasteiger partial charge in [-0.3, -0.25) is 0 Å². The van der Waals surface area contributed by atoms with Gasteiger partial charge in [-0.1, -0.05) is 6.07 Å². The van der Waals surface area contributed by atoms with Crippen molar-refractivity contribution in [3.63, 3.8) is 0 Å². The maximum atomic E-state index is 13.1. The second kappa shape index (κ2) is 8.31. The zero-order valence-corrected chi connectivity index (χ0v) is 16.9. The number of benzene rings is 1. The first-order valence-electron chi connectivity index (χ1n) is 8.69. The number of aromatic nitrogens is 2. The maximum absolute atomic E-state index is 13.1. The molecule has 2 aromatic rings. The number of hydrogen-bond donors (Lipinski definition) is 3. The third kappa shape index (κ3) is 4.29. The highest BCUT2D eigenvalue weighted by atomic mass is 35.5. The number of fused-ring (bicyclic) bond motifs is 5. The molecule has 0 radical (unpaired) electrons. The van der Waals surface area contributed by atoms with Crippen molar-refractivity contribution in [2.45, 2.75) is 51.0 Å². The van der Waals surface area contributed by atoms with Crippen LogP contribution in [0.25, 0.3) is 0 Å². The van der Waals surface area contributed by atoms with Gasteiger partial charge in [0.15, 0.2) is 0 Å². The van der Waals surface area contributed by atoms with E-state index in [1.807, 2.05) is 12.1 Å². The third-order valence-electron chi connectivity index (χ3n) is 4.76. The van der Waals surface area contributed by atoms with Gasteiger partial charge in [0.2, 0.25) is 5.95 Å². The van der Waals surface area contributed by atoms with Gasteiger partial charge in [0, 0.05) is 30.0 Å². The van der Waals surface area contributed by atoms with E-state index in [-0.39, 0.29) is 42.6 Å². The highest BCUT2D eigenvalue weighted by Gasteiger charge is 2.37. The molecule has 1 fully saturated rings. The van der Waals surface area contributed by atoms with Crippen molar-refractivity contribution in [3.05, 3.63) is 41.1 Å². The first-order valence-corrected chi connectivity index (χ1v) is 8.69. The average Bonchev–Trinajstić information content (AvgIpc) is 3.15. The van der Waals surface area contributed by atoms with Crippen molar-refractivity contribution in [2.24, 2.45) is 0 Å². The molecule has 0 saturated carbocycles. The summed E-state index contributed by atoms with van der Waals surface area (Å²) in [6.45, 7) is 3.52. The Morgan fingerprint density at radius 2 is 1.79 bits per heavy atom. The molecular weight excluding hydrogens is 414 g/mol. The first kappa shape index (κ1) is 22.5. The Morgan fingerprint density at radius 3 is 2.43 bits per heavy atom. The standard InChI is InChI=1S/C18H20F3N5.2ClH/c1-9(2)23-16-13(18(19,20)21)8-22-17(26-16)24-10-3-4-11-12(7-10)15-6-5-14(11)25-15;;/h3-4,7-9,14-15,25H,5-6H2,1-2H3,(H2,22,23,24,26);2*1H. The molecule has 0 spiro atoms. The van der Waals surface area contributed by atoms with E-state index in [2.05, 4.69) is 32.0 Å². The fourth-order valence-electron chi connectivity index (χ4n) is 3.67. The zero-order valence-electron chi connectivity index (χ0n) is 15.3. The third-order valence-corrected chi connectivity index (χ3v) is 4.76. The second-order valence-corrected chi connectivity index (χ2v) is 7.07.